The van der Waals surface area contributed by atoms with E-state index in [-0.39, 0.29) is 0 Å². The van der Waals surface area contributed by atoms with Crippen molar-refractivity contribution in [2.45, 2.75) is 20.4 Å². The maximum Gasteiger partial charge on any atom is 0.352 e. The molecule has 0 aliphatic rings. The zero-order valence-electron chi connectivity index (χ0n) is 11.3. The van der Waals surface area contributed by atoms with E-state index in [9.17, 15) is 9.90 Å². The summed E-state index contributed by atoms with van der Waals surface area (Å²) in [5.41, 5.74) is 3.18. The van der Waals surface area contributed by atoms with Gasteiger partial charge in [0.2, 0.25) is 0 Å². The molecule has 0 saturated heterocycles. The molecular weight excluding hydrogens is 242 g/mol. The van der Waals surface area contributed by atoms with Gasteiger partial charge in [0, 0.05) is 12.1 Å². The Bertz CT molecular complexity index is 614. The fourth-order valence-electron chi connectivity index (χ4n) is 2.25. The van der Waals surface area contributed by atoms with Crippen LogP contribution in [0.1, 0.15) is 23.0 Å². The largest absolute Gasteiger partial charge is 0.496 e. The number of rotatable bonds is 4. The molecule has 19 heavy (non-hydrogen) atoms. The van der Waals surface area contributed by atoms with E-state index in [1.54, 1.807) is 17.7 Å². The van der Waals surface area contributed by atoms with Crippen molar-refractivity contribution in [2.75, 3.05) is 7.11 Å². The van der Waals surface area contributed by atoms with Crippen LogP contribution in [0, 0.1) is 6.92 Å². The lowest BCUT2D eigenvalue weighted by molar-refractivity contribution is 0.0685. The Morgan fingerprint density at radius 1 is 1.32 bits per heavy atom. The standard InChI is InChI=1S/C15H17NO3/c1-4-16-12(6-7-13(16)15(17)18)11-9-10(2)5-8-14(11)19-3/h5-9H,4H2,1-3H3,(H,17,18). The third-order valence-electron chi connectivity index (χ3n) is 3.15. The Morgan fingerprint density at radius 2 is 2.05 bits per heavy atom. The SMILES string of the molecule is CCn1c(C(=O)O)ccc1-c1cc(C)ccc1OC. The van der Waals surface area contributed by atoms with Crippen LogP contribution in [0.4, 0.5) is 0 Å². The summed E-state index contributed by atoms with van der Waals surface area (Å²) in [6.07, 6.45) is 0. The minimum atomic E-state index is -0.917. The Kier molecular flexibility index (Phi) is 3.60. The molecule has 1 heterocycles. The first-order chi connectivity index (χ1) is 9.08. The van der Waals surface area contributed by atoms with E-state index in [1.165, 1.54) is 0 Å². The number of aryl methyl sites for hydroxylation is 1. The zero-order chi connectivity index (χ0) is 14.0. The number of aromatic carboxylic acids is 1. The van der Waals surface area contributed by atoms with Crippen LogP contribution in [0.15, 0.2) is 30.3 Å². The average molecular weight is 259 g/mol. The van der Waals surface area contributed by atoms with Crippen LogP contribution in [0.2, 0.25) is 0 Å². The summed E-state index contributed by atoms with van der Waals surface area (Å²) in [6, 6.07) is 9.33. The minimum Gasteiger partial charge on any atom is -0.496 e. The van der Waals surface area contributed by atoms with E-state index < -0.39 is 5.97 Å². The molecule has 100 valence electrons. The van der Waals surface area contributed by atoms with E-state index >= 15 is 0 Å². The van der Waals surface area contributed by atoms with Crippen molar-refractivity contribution >= 4 is 5.97 Å². The molecule has 0 bridgehead atoms. The highest BCUT2D eigenvalue weighted by atomic mass is 16.5. The molecule has 0 amide bonds. The summed E-state index contributed by atoms with van der Waals surface area (Å²) in [5.74, 6) is -0.171. The van der Waals surface area contributed by atoms with Gasteiger partial charge in [0.1, 0.15) is 11.4 Å². The number of aromatic nitrogens is 1. The van der Waals surface area contributed by atoms with Crippen LogP contribution in [0.25, 0.3) is 11.3 Å². The molecular formula is C15H17NO3. The number of benzene rings is 1. The number of methoxy groups -OCH3 is 1. The molecule has 2 aromatic rings. The average Bonchev–Trinajstić information content (AvgIpc) is 2.82. The predicted octanol–water partition coefficient (Wildman–Crippen LogP) is 3.19. The number of carbonyl (C=O) groups is 1. The first-order valence-corrected chi connectivity index (χ1v) is 6.16. The minimum absolute atomic E-state index is 0.293. The summed E-state index contributed by atoms with van der Waals surface area (Å²) >= 11 is 0. The number of hydrogen-bond donors (Lipinski definition) is 1. The highest BCUT2D eigenvalue weighted by molar-refractivity contribution is 5.88. The third kappa shape index (κ3) is 2.34. The lowest BCUT2D eigenvalue weighted by Crippen LogP contribution is -2.08. The molecule has 1 aromatic carbocycles. The summed E-state index contributed by atoms with van der Waals surface area (Å²) in [7, 11) is 1.62. The molecule has 0 unspecified atom stereocenters. The third-order valence-corrected chi connectivity index (χ3v) is 3.15. The van der Waals surface area contributed by atoms with Crippen LogP contribution in [0.3, 0.4) is 0 Å². The van der Waals surface area contributed by atoms with Gasteiger partial charge in [-0.05, 0) is 38.1 Å². The molecule has 0 atom stereocenters. The van der Waals surface area contributed by atoms with Crippen LogP contribution in [-0.4, -0.2) is 22.8 Å². The van der Waals surface area contributed by atoms with Crippen LogP contribution >= 0.6 is 0 Å². The molecule has 1 N–H and O–H groups in total. The second-order valence-electron chi connectivity index (χ2n) is 4.36. The number of carboxylic acid groups (broad SMARTS) is 1. The molecule has 0 aliphatic heterocycles. The van der Waals surface area contributed by atoms with Crippen LogP contribution in [-0.2, 0) is 6.54 Å². The first-order valence-electron chi connectivity index (χ1n) is 6.16. The lowest BCUT2D eigenvalue weighted by Gasteiger charge is -2.13. The smallest absolute Gasteiger partial charge is 0.352 e. The van der Waals surface area contributed by atoms with Crippen molar-refractivity contribution in [1.29, 1.82) is 0 Å². The first kappa shape index (κ1) is 13.2. The van der Waals surface area contributed by atoms with Crippen molar-refractivity contribution in [3.63, 3.8) is 0 Å². The van der Waals surface area contributed by atoms with Gasteiger partial charge in [-0.1, -0.05) is 11.6 Å². The Labute approximate surface area is 112 Å². The topological polar surface area (TPSA) is 51.5 Å². The van der Waals surface area contributed by atoms with Gasteiger partial charge in [0.15, 0.2) is 0 Å². The summed E-state index contributed by atoms with van der Waals surface area (Å²) in [5, 5.41) is 9.19. The van der Waals surface area contributed by atoms with Crippen molar-refractivity contribution in [3.8, 4) is 17.0 Å². The van der Waals surface area contributed by atoms with Gasteiger partial charge in [-0.15, -0.1) is 0 Å². The molecule has 0 aliphatic carbocycles. The number of ether oxygens (including phenoxy) is 1. The van der Waals surface area contributed by atoms with Crippen molar-refractivity contribution in [3.05, 3.63) is 41.6 Å². The molecule has 4 heteroatoms. The summed E-state index contributed by atoms with van der Waals surface area (Å²) in [6.45, 7) is 4.53. The van der Waals surface area contributed by atoms with Crippen molar-refractivity contribution in [2.24, 2.45) is 0 Å². The van der Waals surface area contributed by atoms with E-state index in [1.807, 2.05) is 38.1 Å². The van der Waals surface area contributed by atoms with Gasteiger partial charge in [-0.25, -0.2) is 4.79 Å². The van der Waals surface area contributed by atoms with Gasteiger partial charge >= 0.3 is 5.97 Å². The van der Waals surface area contributed by atoms with E-state index in [0.29, 0.717) is 12.2 Å². The highest BCUT2D eigenvalue weighted by Gasteiger charge is 2.16. The predicted molar refractivity (Wildman–Crippen MR) is 73.8 cm³/mol. The summed E-state index contributed by atoms with van der Waals surface area (Å²) in [4.78, 5) is 11.2. The molecule has 0 spiro atoms. The lowest BCUT2D eigenvalue weighted by atomic mass is 10.1. The van der Waals surface area contributed by atoms with Gasteiger partial charge in [0.05, 0.1) is 12.8 Å². The number of nitrogens with zero attached hydrogens (tertiary/aromatic N) is 1. The highest BCUT2D eigenvalue weighted by Crippen LogP contribution is 2.32. The quantitative estimate of drug-likeness (QED) is 0.917. The fraction of sp³-hybridized carbons (Fsp3) is 0.267. The normalized spacial score (nSPS) is 10.5. The fourth-order valence-corrected chi connectivity index (χ4v) is 2.25. The van der Waals surface area contributed by atoms with E-state index in [0.717, 1.165) is 22.6 Å². The second-order valence-corrected chi connectivity index (χ2v) is 4.36. The molecule has 4 nitrogen and oxygen atoms in total. The number of carboxylic acids is 1. The number of hydrogen-bond acceptors (Lipinski definition) is 2. The maximum absolute atomic E-state index is 11.2. The molecule has 0 fully saturated rings. The van der Waals surface area contributed by atoms with Crippen molar-refractivity contribution < 1.29 is 14.6 Å². The molecule has 0 radical (unpaired) electrons. The van der Waals surface area contributed by atoms with Crippen LogP contribution in [0.5, 0.6) is 5.75 Å². The van der Waals surface area contributed by atoms with Gasteiger partial charge < -0.3 is 14.4 Å². The Morgan fingerprint density at radius 3 is 2.63 bits per heavy atom. The van der Waals surface area contributed by atoms with E-state index in [2.05, 4.69) is 0 Å². The van der Waals surface area contributed by atoms with Gasteiger partial charge in [-0.3, -0.25) is 0 Å². The van der Waals surface area contributed by atoms with Crippen molar-refractivity contribution in [1.82, 2.24) is 4.57 Å². The van der Waals surface area contributed by atoms with Gasteiger partial charge in [-0.2, -0.15) is 0 Å². The second kappa shape index (κ2) is 5.18. The molecule has 1 aromatic heterocycles. The molecule has 2 rings (SSSR count). The maximum atomic E-state index is 11.2. The van der Waals surface area contributed by atoms with E-state index in [4.69, 9.17) is 4.74 Å². The summed E-state index contributed by atoms with van der Waals surface area (Å²) < 4.78 is 7.14. The zero-order valence-corrected chi connectivity index (χ0v) is 11.3. The Hall–Kier alpha value is -2.23. The van der Waals surface area contributed by atoms with Crippen LogP contribution < -0.4 is 4.74 Å². The Balaban J connectivity index is 2.65. The van der Waals surface area contributed by atoms with Gasteiger partial charge in [0.25, 0.3) is 0 Å². The molecule has 0 saturated carbocycles. The monoisotopic (exact) mass is 259 g/mol.